The van der Waals surface area contributed by atoms with E-state index < -0.39 is 0 Å². The van der Waals surface area contributed by atoms with E-state index in [2.05, 4.69) is 50.4 Å². The molecule has 1 nitrogen and oxygen atoms in total. The number of halogens is 2. The van der Waals surface area contributed by atoms with Gasteiger partial charge in [0.2, 0.25) is 0 Å². The van der Waals surface area contributed by atoms with Gasteiger partial charge in [0.1, 0.15) is 0 Å². The molecule has 0 saturated heterocycles. The third-order valence-electron chi connectivity index (χ3n) is 3.23. The van der Waals surface area contributed by atoms with Gasteiger partial charge in [0.05, 0.1) is 8.67 Å². The van der Waals surface area contributed by atoms with Gasteiger partial charge in [-0.15, -0.1) is 11.3 Å². The Morgan fingerprint density at radius 1 is 1.05 bits per heavy atom. The lowest BCUT2D eigenvalue weighted by atomic mass is 10.0. The maximum atomic E-state index is 6.18. The molecule has 19 heavy (non-hydrogen) atoms. The molecule has 2 atom stereocenters. The van der Waals surface area contributed by atoms with Crippen molar-refractivity contribution in [3.63, 3.8) is 0 Å². The summed E-state index contributed by atoms with van der Waals surface area (Å²) in [5.41, 5.74) is 3.61. The summed E-state index contributed by atoms with van der Waals surface area (Å²) < 4.78 is 1.50. The predicted molar refractivity (Wildman–Crippen MR) is 85.5 cm³/mol. The maximum Gasteiger partial charge on any atom is 0.0991 e. The van der Waals surface area contributed by atoms with Crippen molar-refractivity contribution in [1.82, 2.24) is 5.32 Å². The Labute approximate surface area is 128 Å². The average Bonchev–Trinajstić information content (AvgIpc) is 2.69. The van der Waals surface area contributed by atoms with Gasteiger partial charge in [-0.1, -0.05) is 53.0 Å². The molecule has 0 amide bonds. The molecule has 0 aliphatic carbocycles. The molecule has 2 rings (SSSR count). The quantitative estimate of drug-likeness (QED) is 0.755. The van der Waals surface area contributed by atoms with Gasteiger partial charge in [-0.2, -0.15) is 0 Å². The second kappa shape index (κ2) is 6.27. The van der Waals surface area contributed by atoms with E-state index in [1.807, 2.05) is 6.07 Å². The molecular weight excluding hydrogens is 297 g/mol. The van der Waals surface area contributed by atoms with Gasteiger partial charge in [0.15, 0.2) is 0 Å². The van der Waals surface area contributed by atoms with E-state index in [0.717, 1.165) is 14.2 Å². The Bertz CT molecular complexity index is 548. The van der Waals surface area contributed by atoms with Crippen LogP contribution in [0.3, 0.4) is 0 Å². The van der Waals surface area contributed by atoms with Crippen LogP contribution in [0, 0.1) is 6.92 Å². The molecule has 1 aromatic heterocycles. The molecule has 0 aliphatic heterocycles. The molecule has 0 spiro atoms. The predicted octanol–water partition coefficient (Wildman–Crippen LogP) is 5.78. The molecule has 1 N–H and O–H groups in total. The van der Waals surface area contributed by atoms with Gasteiger partial charge in [0.25, 0.3) is 0 Å². The Morgan fingerprint density at radius 2 is 1.68 bits per heavy atom. The van der Waals surface area contributed by atoms with Crippen molar-refractivity contribution < 1.29 is 0 Å². The minimum Gasteiger partial charge on any atom is -0.304 e. The summed E-state index contributed by atoms with van der Waals surface area (Å²) >= 11 is 13.6. The molecule has 0 aliphatic rings. The Hall–Kier alpha value is -0.540. The van der Waals surface area contributed by atoms with E-state index in [1.54, 1.807) is 0 Å². The van der Waals surface area contributed by atoms with Gasteiger partial charge < -0.3 is 5.32 Å². The summed E-state index contributed by atoms with van der Waals surface area (Å²) in [4.78, 5) is 0. The van der Waals surface area contributed by atoms with Crippen LogP contribution >= 0.6 is 34.5 Å². The van der Waals surface area contributed by atoms with Crippen LogP contribution in [0.25, 0.3) is 0 Å². The molecule has 0 bridgehead atoms. The van der Waals surface area contributed by atoms with Gasteiger partial charge >= 0.3 is 0 Å². The van der Waals surface area contributed by atoms with Crippen molar-refractivity contribution in [2.75, 3.05) is 0 Å². The van der Waals surface area contributed by atoms with Crippen molar-refractivity contribution in [3.05, 3.63) is 55.7 Å². The molecule has 0 fully saturated rings. The zero-order chi connectivity index (χ0) is 14.0. The van der Waals surface area contributed by atoms with Crippen molar-refractivity contribution in [3.8, 4) is 0 Å². The summed E-state index contributed by atoms with van der Waals surface area (Å²) in [5, 5.41) is 3.55. The highest BCUT2D eigenvalue weighted by molar-refractivity contribution is 7.20. The molecule has 102 valence electrons. The summed E-state index contributed by atoms with van der Waals surface area (Å²) in [5.74, 6) is 0. The van der Waals surface area contributed by atoms with Crippen molar-refractivity contribution >= 4 is 34.5 Å². The van der Waals surface area contributed by atoms with Crippen LogP contribution < -0.4 is 5.32 Å². The third kappa shape index (κ3) is 3.73. The van der Waals surface area contributed by atoms with E-state index in [9.17, 15) is 0 Å². The summed E-state index contributed by atoms with van der Waals surface area (Å²) in [6.07, 6.45) is 0. The van der Waals surface area contributed by atoms with Crippen molar-refractivity contribution in [2.45, 2.75) is 32.9 Å². The summed E-state index contributed by atoms with van der Waals surface area (Å²) in [6, 6.07) is 11.0. The first kappa shape index (κ1) is 14.9. The first-order chi connectivity index (χ1) is 8.97. The lowest BCUT2D eigenvalue weighted by Gasteiger charge is -2.20. The standard InChI is InChI=1S/C15H17Cl2NS/c1-9-4-6-12(7-5-9)10(2)18-11(3)13-8-14(16)19-15(13)17/h4-8,10-11,18H,1-3H3/t10-,11?/m1/s1. The molecular formula is C15H17Cl2NS. The van der Waals surface area contributed by atoms with Crippen molar-refractivity contribution in [2.24, 2.45) is 0 Å². The van der Waals surface area contributed by atoms with Crippen LogP contribution in [0.5, 0.6) is 0 Å². The van der Waals surface area contributed by atoms with Gasteiger partial charge in [-0.3, -0.25) is 0 Å². The highest BCUT2D eigenvalue weighted by Gasteiger charge is 2.16. The molecule has 4 heteroatoms. The van der Waals surface area contributed by atoms with Crippen LogP contribution in [0.1, 0.15) is 42.6 Å². The van der Waals surface area contributed by atoms with Crippen LogP contribution in [-0.4, -0.2) is 0 Å². The lowest BCUT2D eigenvalue weighted by Crippen LogP contribution is -2.22. The Kier molecular flexibility index (Phi) is 4.91. The van der Waals surface area contributed by atoms with E-state index in [4.69, 9.17) is 23.2 Å². The number of hydrogen-bond donors (Lipinski definition) is 1. The van der Waals surface area contributed by atoms with E-state index in [0.29, 0.717) is 0 Å². The SMILES string of the molecule is Cc1ccc([C@@H](C)NC(C)c2cc(Cl)sc2Cl)cc1. The molecule has 0 radical (unpaired) electrons. The minimum atomic E-state index is 0.174. The molecule has 0 saturated carbocycles. The van der Waals surface area contributed by atoms with Crippen LogP contribution in [-0.2, 0) is 0 Å². The summed E-state index contributed by atoms with van der Waals surface area (Å²) in [6.45, 7) is 6.36. The average molecular weight is 314 g/mol. The Morgan fingerprint density at radius 3 is 2.21 bits per heavy atom. The van der Waals surface area contributed by atoms with Gasteiger partial charge in [-0.25, -0.2) is 0 Å². The fraction of sp³-hybridized carbons (Fsp3) is 0.333. The number of hydrogen-bond acceptors (Lipinski definition) is 2. The van der Waals surface area contributed by atoms with Crippen LogP contribution in [0.4, 0.5) is 0 Å². The molecule has 1 unspecified atom stereocenters. The smallest absolute Gasteiger partial charge is 0.0991 e. The Balaban J connectivity index is 2.08. The topological polar surface area (TPSA) is 12.0 Å². The zero-order valence-electron chi connectivity index (χ0n) is 11.2. The monoisotopic (exact) mass is 313 g/mol. The lowest BCUT2D eigenvalue weighted by molar-refractivity contribution is 0.495. The first-order valence-corrected chi connectivity index (χ1v) is 7.82. The third-order valence-corrected chi connectivity index (χ3v) is 4.74. The van der Waals surface area contributed by atoms with Gasteiger partial charge in [-0.05, 0) is 38.0 Å². The largest absolute Gasteiger partial charge is 0.304 e. The second-order valence-electron chi connectivity index (χ2n) is 4.80. The normalized spacial score (nSPS) is 14.4. The molecule has 1 heterocycles. The molecule has 1 aromatic carbocycles. The molecule has 2 aromatic rings. The number of thiophene rings is 1. The second-order valence-corrected chi connectivity index (χ2v) is 7.09. The number of benzene rings is 1. The van der Waals surface area contributed by atoms with E-state index in [-0.39, 0.29) is 12.1 Å². The zero-order valence-corrected chi connectivity index (χ0v) is 13.5. The fourth-order valence-electron chi connectivity index (χ4n) is 2.06. The van der Waals surface area contributed by atoms with Gasteiger partial charge in [0, 0.05) is 12.1 Å². The number of aryl methyl sites for hydroxylation is 1. The van der Waals surface area contributed by atoms with Crippen molar-refractivity contribution in [1.29, 1.82) is 0 Å². The first-order valence-electron chi connectivity index (χ1n) is 6.24. The maximum absolute atomic E-state index is 6.18. The van der Waals surface area contributed by atoms with Crippen LogP contribution in [0.2, 0.25) is 8.67 Å². The fourth-order valence-corrected chi connectivity index (χ4v) is 3.71. The minimum absolute atomic E-state index is 0.174. The number of rotatable bonds is 4. The highest BCUT2D eigenvalue weighted by Crippen LogP contribution is 2.35. The summed E-state index contributed by atoms with van der Waals surface area (Å²) in [7, 11) is 0. The van der Waals surface area contributed by atoms with E-state index >= 15 is 0 Å². The highest BCUT2D eigenvalue weighted by atomic mass is 35.5. The van der Waals surface area contributed by atoms with Crippen LogP contribution in [0.15, 0.2) is 30.3 Å². The number of nitrogens with one attached hydrogen (secondary N) is 1. The van der Waals surface area contributed by atoms with E-state index in [1.165, 1.54) is 22.5 Å².